The van der Waals surface area contributed by atoms with Crippen molar-refractivity contribution in [1.29, 1.82) is 0 Å². The number of nitrogens with one attached hydrogen (secondary N) is 3. The summed E-state index contributed by atoms with van der Waals surface area (Å²) >= 11 is 0. The van der Waals surface area contributed by atoms with Crippen molar-refractivity contribution in [3.8, 4) is 6.57 Å². The molecule has 5 heteroatoms. The minimum atomic E-state index is 0.778. The summed E-state index contributed by atoms with van der Waals surface area (Å²) in [5.41, 5.74) is 3.18. The van der Waals surface area contributed by atoms with E-state index >= 15 is 0 Å². The highest BCUT2D eigenvalue weighted by Crippen LogP contribution is 2.30. The second-order valence-corrected chi connectivity index (χ2v) is 22.6. The van der Waals surface area contributed by atoms with E-state index in [1.807, 2.05) is 7.05 Å². The van der Waals surface area contributed by atoms with Gasteiger partial charge in [0.05, 0.1) is 5.82 Å². The lowest BCUT2D eigenvalue weighted by Gasteiger charge is -2.23. The van der Waals surface area contributed by atoms with Crippen LogP contribution in [0.5, 0.6) is 0 Å². The highest BCUT2D eigenvalue weighted by atomic mass is 15.2. The van der Waals surface area contributed by atoms with Gasteiger partial charge in [0.25, 0.3) is 13.6 Å². The molecule has 0 aliphatic carbocycles. The molecule has 0 aromatic rings. The number of unbranched alkanes of at least 4 members (excludes halogenated alkanes) is 33. The van der Waals surface area contributed by atoms with Gasteiger partial charge in [-0.3, -0.25) is 0 Å². The van der Waals surface area contributed by atoms with E-state index in [-0.39, 0.29) is 0 Å². The number of nitrogens with zero attached hydrogens (tertiary/aromatic N) is 2. The summed E-state index contributed by atoms with van der Waals surface area (Å²) < 4.78 is 0. The highest BCUT2D eigenvalue weighted by Gasteiger charge is 2.14. The van der Waals surface area contributed by atoms with Gasteiger partial charge in [-0.05, 0) is 109 Å². The highest BCUT2D eigenvalue weighted by molar-refractivity contribution is 5.01. The van der Waals surface area contributed by atoms with Crippen LogP contribution in [0.3, 0.4) is 0 Å². The summed E-state index contributed by atoms with van der Waals surface area (Å²) in [5.74, 6) is 2.53. The molecule has 72 heavy (non-hydrogen) atoms. The topological polar surface area (TPSA) is 43.7 Å². The van der Waals surface area contributed by atoms with Crippen LogP contribution >= 0.6 is 0 Å². The number of hydrogen-bond acceptors (Lipinski definition) is 4. The third kappa shape index (κ3) is 54.5. The maximum Gasteiger partial charge on any atom is 0.257 e. The van der Waals surface area contributed by atoms with Crippen molar-refractivity contribution in [2.45, 2.75) is 323 Å². The molecule has 0 radical (unpaired) electrons. The normalized spacial score (nSPS) is 11.7. The molecule has 0 rings (SSSR count). The summed E-state index contributed by atoms with van der Waals surface area (Å²) in [6, 6.07) is 0. The summed E-state index contributed by atoms with van der Waals surface area (Å²) in [5, 5.41) is 10.3. The van der Waals surface area contributed by atoms with Crippen LogP contribution in [0.4, 0.5) is 0 Å². The maximum atomic E-state index is 4.71. The van der Waals surface area contributed by atoms with E-state index in [2.05, 4.69) is 66.5 Å². The Labute approximate surface area is 455 Å². The van der Waals surface area contributed by atoms with Gasteiger partial charge in [0.15, 0.2) is 0 Å². The Balaban J connectivity index is 0. The average Bonchev–Trinajstić information content (AvgIpc) is 3.37. The number of hydrogen-bond donors (Lipinski definition) is 3. The van der Waals surface area contributed by atoms with Crippen molar-refractivity contribution in [2.75, 3.05) is 53.4 Å². The molecule has 0 saturated carbocycles. The van der Waals surface area contributed by atoms with Crippen molar-refractivity contribution < 1.29 is 0 Å². The third-order valence-corrected chi connectivity index (χ3v) is 15.7. The molecule has 1 unspecified atom stereocenters. The van der Waals surface area contributed by atoms with Gasteiger partial charge in [0.1, 0.15) is 0 Å². The minimum absolute atomic E-state index is 0.778. The minimum Gasteiger partial charge on any atom is -0.372 e. The predicted molar refractivity (Wildman–Crippen MR) is 330 cm³/mol. The molecule has 0 fully saturated rings. The van der Waals surface area contributed by atoms with Crippen molar-refractivity contribution in [3.05, 3.63) is 41.5 Å². The van der Waals surface area contributed by atoms with E-state index in [1.54, 1.807) is 11.1 Å². The SMILES string of the molecule is C#[N+]C.C=C(NCCCNC)NCCN(CCCCCCCCCC(=C)C(CCCCCCCC)CCCCCCCC)CCCCCCCCCC(=C)C(CCCCCCCC)CCCCCCCCC. The van der Waals surface area contributed by atoms with Crippen LogP contribution in [0.2, 0.25) is 0 Å². The van der Waals surface area contributed by atoms with Gasteiger partial charge < -0.3 is 20.9 Å². The molecule has 0 aliphatic rings. The maximum absolute atomic E-state index is 4.71. The molecule has 0 bridgehead atoms. The summed E-state index contributed by atoms with van der Waals surface area (Å²) in [4.78, 5) is 5.75. The van der Waals surface area contributed by atoms with E-state index in [0.29, 0.717) is 0 Å². The lowest BCUT2D eigenvalue weighted by atomic mass is 9.86. The Morgan fingerprint density at radius 3 is 0.972 bits per heavy atom. The van der Waals surface area contributed by atoms with Gasteiger partial charge in [-0.2, -0.15) is 0 Å². The molecule has 0 spiro atoms. The fraction of sp³-hybridized carbons (Fsp3) is 0.896. The molecule has 0 aromatic carbocycles. The standard InChI is InChI=1S/C65H130N4.C2H4N/c1-9-13-17-21-27-37-45-54-65(53-44-36-24-20-16-12-4)62(6)50-41-33-29-26-31-39-47-59-69(60-57-68-63(7)67-56-48-55-66-8)58-46-38-30-25-28-32-40-49-61(5)64(51-42-34-22-18-14-10-2)52-43-35-23-19-15-11-3;1-3-2/h64-68H,5-7,9-60H2,1-4,8H3;1H,2H3/q;+1. The predicted octanol–water partition coefficient (Wildman–Crippen LogP) is 21.1. The third-order valence-electron chi connectivity index (χ3n) is 15.7. The van der Waals surface area contributed by atoms with Gasteiger partial charge in [-0.25, -0.2) is 0 Å². The first kappa shape index (κ1) is 72.3. The molecule has 0 amide bonds. The lowest BCUT2D eigenvalue weighted by molar-refractivity contribution is 0.261. The van der Waals surface area contributed by atoms with E-state index in [1.165, 1.54) is 309 Å². The van der Waals surface area contributed by atoms with E-state index in [4.69, 9.17) is 13.2 Å². The van der Waals surface area contributed by atoms with Crippen molar-refractivity contribution in [1.82, 2.24) is 20.9 Å². The zero-order valence-electron chi connectivity index (χ0n) is 50.5. The number of allylic oxidation sites excluding steroid dienone is 2. The molecule has 426 valence electrons. The first-order valence-electron chi connectivity index (χ1n) is 32.5. The Morgan fingerprint density at radius 2 is 0.653 bits per heavy atom. The monoisotopic (exact) mass is 1010 g/mol. The average molecular weight is 1010 g/mol. The first-order valence-corrected chi connectivity index (χ1v) is 32.5. The summed E-state index contributed by atoms with van der Waals surface area (Å²) in [7, 11) is 3.55. The van der Waals surface area contributed by atoms with Crippen LogP contribution in [0.25, 0.3) is 4.85 Å². The zero-order chi connectivity index (χ0) is 53.1. The second-order valence-electron chi connectivity index (χ2n) is 22.6. The largest absolute Gasteiger partial charge is 0.372 e. The molecule has 0 saturated heterocycles. The van der Waals surface area contributed by atoms with Crippen LogP contribution in [0, 0.1) is 18.4 Å². The van der Waals surface area contributed by atoms with E-state index in [9.17, 15) is 0 Å². The smallest absolute Gasteiger partial charge is 0.257 e. The van der Waals surface area contributed by atoms with Gasteiger partial charge in [0, 0.05) is 19.6 Å². The first-order chi connectivity index (χ1) is 35.3. The van der Waals surface area contributed by atoms with Gasteiger partial charge >= 0.3 is 0 Å². The van der Waals surface area contributed by atoms with E-state index < -0.39 is 0 Å². The van der Waals surface area contributed by atoms with Crippen LogP contribution in [0.15, 0.2) is 36.7 Å². The Bertz CT molecular complexity index is 1130. The second kappa shape index (κ2) is 61.8. The molecule has 0 aromatic heterocycles. The van der Waals surface area contributed by atoms with Crippen molar-refractivity contribution in [2.24, 2.45) is 11.8 Å². The fourth-order valence-corrected chi connectivity index (χ4v) is 10.8. The van der Waals surface area contributed by atoms with Crippen molar-refractivity contribution in [3.63, 3.8) is 0 Å². The van der Waals surface area contributed by atoms with Crippen LogP contribution in [0.1, 0.15) is 323 Å². The molecule has 0 heterocycles. The zero-order valence-corrected chi connectivity index (χ0v) is 50.5. The fourth-order valence-electron chi connectivity index (χ4n) is 10.8. The Hall–Kier alpha value is -1.77. The molecule has 0 aliphatic heterocycles. The Kier molecular flexibility index (Phi) is 62.0. The Morgan fingerprint density at radius 1 is 0.375 bits per heavy atom. The van der Waals surface area contributed by atoms with Gasteiger partial charge in [0.2, 0.25) is 0 Å². The molecule has 3 N–H and O–H groups in total. The van der Waals surface area contributed by atoms with Crippen LogP contribution < -0.4 is 16.0 Å². The molecular formula is C67H134N5+. The van der Waals surface area contributed by atoms with Gasteiger partial charge in [-0.1, -0.05) is 288 Å². The van der Waals surface area contributed by atoms with Gasteiger partial charge in [-0.15, -0.1) is 0 Å². The van der Waals surface area contributed by atoms with E-state index in [0.717, 1.165) is 50.3 Å². The molecule has 5 nitrogen and oxygen atoms in total. The summed E-state index contributed by atoms with van der Waals surface area (Å²) in [6.45, 7) is 34.0. The number of rotatable bonds is 60. The lowest BCUT2D eigenvalue weighted by Crippen LogP contribution is -2.36. The van der Waals surface area contributed by atoms with Crippen molar-refractivity contribution >= 4 is 0 Å². The molecule has 1 atom stereocenters. The quantitative estimate of drug-likeness (QED) is 0.0420. The summed E-state index contributed by atoms with van der Waals surface area (Å²) in [6.07, 6.45) is 63.9. The molecular weight excluding hydrogens is 875 g/mol. The van der Waals surface area contributed by atoms with Crippen LogP contribution in [-0.2, 0) is 0 Å². The van der Waals surface area contributed by atoms with Crippen LogP contribution in [-0.4, -0.2) is 58.3 Å².